The van der Waals surface area contributed by atoms with Crippen molar-refractivity contribution in [3.05, 3.63) is 24.3 Å². The van der Waals surface area contributed by atoms with Crippen LogP contribution in [0.5, 0.6) is 0 Å². The van der Waals surface area contributed by atoms with Gasteiger partial charge in [0.05, 0.1) is 25.1 Å². The first-order valence-electron chi connectivity index (χ1n) is 5.59. The Bertz CT molecular complexity index is 359. The molecule has 5 heteroatoms. The summed E-state index contributed by atoms with van der Waals surface area (Å²) in [5, 5.41) is 14.1. The van der Waals surface area contributed by atoms with E-state index in [4.69, 9.17) is 4.74 Å². The van der Waals surface area contributed by atoms with Gasteiger partial charge in [0.2, 0.25) is 0 Å². The lowest BCUT2D eigenvalue weighted by atomic mass is 9.81. The van der Waals surface area contributed by atoms with E-state index in [0.717, 1.165) is 0 Å². The van der Waals surface area contributed by atoms with Gasteiger partial charge in [0.15, 0.2) is 0 Å². The van der Waals surface area contributed by atoms with Gasteiger partial charge in [-0.25, -0.2) is 0 Å². The summed E-state index contributed by atoms with van der Waals surface area (Å²) in [5.74, 6) is 0. The molecule has 5 nitrogen and oxygen atoms in total. The summed E-state index contributed by atoms with van der Waals surface area (Å²) in [7, 11) is 0. The summed E-state index contributed by atoms with van der Waals surface area (Å²) in [4.78, 5) is 8.25. The highest BCUT2D eigenvalue weighted by atomic mass is 16.5. The minimum Gasteiger partial charge on any atom is -0.383 e. The molecule has 0 radical (unpaired) electrons. The third-order valence-corrected chi connectivity index (χ3v) is 3.32. The second-order valence-electron chi connectivity index (χ2n) is 4.63. The molecule has 0 aliphatic carbocycles. The first-order chi connectivity index (χ1) is 7.76. The normalized spacial score (nSPS) is 38.3. The minimum absolute atomic E-state index is 0.222. The van der Waals surface area contributed by atoms with Crippen LogP contribution < -0.4 is 5.32 Å². The van der Waals surface area contributed by atoms with Gasteiger partial charge in [-0.05, 0) is 12.8 Å². The van der Waals surface area contributed by atoms with E-state index in [-0.39, 0.29) is 12.1 Å². The van der Waals surface area contributed by atoms with Crippen LogP contribution in [0, 0.1) is 0 Å². The summed E-state index contributed by atoms with van der Waals surface area (Å²) in [6.45, 7) is 1.33. The van der Waals surface area contributed by atoms with Gasteiger partial charge >= 0.3 is 0 Å². The van der Waals surface area contributed by atoms with E-state index in [9.17, 15) is 5.11 Å². The van der Waals surface area contributed by atoms with Crippen LogP contribution in [-0.2, 0) is 10.3 Å². The van der Waals surface area contributed by atoms with Gasteiger partial charge < -0.3 is 15.2 Å². The van der Waals surface area contributed by atoms with Gasteiger partial charge in [-0.2, -0.15) is 0 Å². The molecule has 86 valence electrons. The van der Waals surface area contributed by atoms with Crippen molar-refractivity contribution in [1.82, 2.24) is 15.3 Å². The molecule has 2 aliphatic heterocycles. The van der Waals surface area contributed by atoms with Crippen LogP contribution in [0.15, 0.2) is 18.6 Å². The molecule has 3 rings (SSSR count). The fraction of sp³-hybridized carbons (Fsp3) is 0.636. The molecule has 1 aromatic heterocycles. The second kappa shape index (κ2) is 3.76. The lowest BCUT2D eigenvalue weighted by Crippen LogP contribution is -2.58. The third-order valence-electron chi connectivity index (χ3n) is 3.32. The highest BCUT2D eigenvalue weighted by molar-refractivity contribution is 5.12. The predicted molar refractivity (Wildman–Crippen MR) is 56.7 cm³/mol. The Labute approximate surface area is 93.9 Å². The van der Waals surface area contributed by atoms with E-state index in [1.807, 2.05) is 0 Å². The van der Waals surface area contributed by atoms with E-state index in [1.165, 1.54) is 0 Å². The van der Waals surface area contributed by atoms with E-state index >= 15 is 0 Å². The number of morpholine rings is 1. The van der Waals surface area contributed by atoms with Crippen LogP contribution in [0.4, 0.5) is 0 Å². The number of fused-ring (bicyclic) bond motifs is 2. The van der Waals surface area contributed by atoms with Crippen molar-refractivity contribution in [1.29, 1.82) is 0 Å². The molecule has 2 bridgehead atoms. The highest BCUT2D eigenvalue weighted by Gasteiger charge is 2.43. The van der Waals surface area contributed by atoms with Gasteiger partial charge in [0.25, 0.3) is 0 Å². The van der Waals surface area contributed by atoms with E-state index in [1.54, 1.807) is 18.6 Å². The van der Waals surface area contributed by atoms with Crippen molar-refractivity contribution in [3.63, 3.8) is 0 Å². The van der Waals surface area contributed by atoms with Crippen LogP contribution in [0.2, 0.25) is 0 Å². The highest BCUT2D eigenvalue weighted by Crippen LogP contribution is 2.35. The van der Waals surface area contributed by atoms with Crippen molar-refractivity contribution in [2.75, 3.05) is 13.2 Å². The van der Waals surface area contributed by atoms with Crippen molar-refractivity contribution in [2.24, 2.45) is 0 Å². The monoisotopic (exact) mass is 221 g/mol. The zero-order chi connectivity index (χ0) is 11.0. The molecule has 3 heterocycles. The fourth-order valence-electron chi connectivity index (χ4n) is 2.66. The van der Waals surface area contributed by atoms with E-state index in [0.29, 0.717) is 31.7 Å². The minimum atomic E-state index is -0.849. The van der Waals surface area contributed by atoms with Crippen molar-refractivity contribution in [3.8, 4) is 0 Å². The molecule has 2 atom stereocenters. The van der Waals surface area contributed by atoms with Gasteiger partial charge in [0.1, 0.15) is 5.60 Å². The zero-order valence-electron chi connectivity index (χ0n) is 8.97. The molecule has 0 spiro atoms. The van der Waals surface area contributed by atoms with Gasteiger partial charge in [-0.15, -0.1) is 0 Å². The molecule has 0 aromatic carbocycles. The second-order valence-corrected chi connectivity index (χ2v) is 4.63. The molecule has 2 N–H and O–H groups in total. The average molecular weight is 221 g/mol. The molecule has 1 aromatic rings. The van der Waals surface area contributed by atoms with Gasteiger partial charge in [0, 0.05) is 24.5 Å². The van der Waals surface area contributed by atoms with Crippen LogP contribution in [0.1, 0.15) is 18.5 Å². The zero-order valence-corrected chi connectivity index (χ0v) is 8.97. The van der Waals surface area contributed by atoms with Crippen molar-refractivity contribution in [2.45, 2.75) is 30.5 Å². The van der Waals surface area contributed by atoms with Crippen LogP contribution in [0.25, 0.3) is 0 Å². The predicted octanol–water partition coefficient (Wildman–Crippen LogP) is -0.185. The topological polar surface area (TPSA) is 67.3 Å². The number of aliphatic hydroxyl groups is 1. The number of hydrogen-bond donors (Lipinski definition) is 2. The third kappa shape index (κ3) is 1.71. The van der Waals surface area contributed by atoms with Crippen molar-refractivity contribution >= 4 is 0 Å². The molecular formula is C11H15N3O2. The number of rotatable bonds is 1. The fourth-order valence-corrected chi connectivity index (χ4v) is 2.66. The van der Waals surface area contributed by atoms with E-state index in [2.05, 4.69) is 15.3 Å². The van der Waals surface area contributed by atoms with Crippen LogP contribution in [0.3, 0.4) is 0 Å². The summed E-state index contributed by atoms with van der Waals surface area (Å²) in [5.41, 5.74) is -0.174. The lowest BCUT2D eigenvalue weighted by Gasteiger charge is -2.44. The Hall–Kier alpha value is -1.04. The van der Waals surface area contributed by atoms with Crippen molar-refractivity contribution < 1.29 is 9.84 Å². The maximum Gasteiger partial charge on any atom is 0.111 e. The average Bonchev–Trinajstić information content (AvgIpc) is 2.29. The quantitative estimate of drug-likeness (QED) is 0.688. The smallest absolute Gasteiger partial charge is 0.111 e. The molecule has 0 amide bonds. The Balaban J connectivity index is 1.88. The van der Waals surface area contributed by atoms with Gasteiger partial charge in [-0.3, -0.25) is 9.97 Å². The molecule has 0 saturated carbocycles. The van der Waals surface area contributed by atoms with Crippen LogP contribution >= 0.6 is 0 Å². The number of hydrogen-bond acceptors (Lipinski definition) is 5. The first kappa shape index (κ1) is 10.1. The number of aromatic nitrogens is 2. The van der Waals surface area contributed by atoms with E-state index < -0.39 is 5.60 Å². The molecule has 2 fully saturated rings. The molecule has 16 heavy (non-hydrogen) atoms. The summed E-state index contributed by atoms with van der Waals surface area (Å²) in [6.07, 6.45) is 6.19. The largest absolute Gasteiger partial charge is 0.383 e. The summed E-state index contributed by atoms with van der Waals surface area (Å²) in [6, 6.07) is 0.444. The lowest BCUT2D eigenvalue weighted by molar-refractivity contribution is -0.0825. The summed E-state index contributed by atoms with van der Waals surface area (Å²) < 4.78 is 5.46. The maximum atomic E-state index is 10.7. The Morgan fingerprint density at radius 3 is 2.69 bits per heavy atom. The molecular weight excluding hydrogens is 206 g/mol. The number of nitrogens with zero attached hydrogens (tertiary/aromatic N) is 2. The SMILES string of the molecule is OC1(c2cnccn2)CC2COCC(C1)N2. The molecule has 2 unspecified atom stereocenters. The number of ether oxygens (including phenoxy) is 1. The Morgan fingerprint density at radius 2 is 2.06 bits per heavy atom. The maximum absolute atomic E-state index is 10.7. The van der Waals surface area contributed by atoms with Gasteiger partial charge in [-0.1, -0.05) is 0 Å². The standard InChI is InChI=1S/C11H15N3O2/c15-11(10-5-12-1-2-13-10)3-8-6-16-7-9(4-11)14-8/h1-2,5,8-9,14-15H,3-4,6-7H2. The Kier molecular flexibility index (Phi) is 2.38. The number of nitrogens with one attached hydrogen (secondary N) is 1. The summed E-state index contributed by atoms with van der Waals surface area (Å²) >= 11 is 0. The molecule has 2 saturated heterocycles. The number of piperidine rings is 1. The first-order valence-corrected chi connectivity index (χ1v) is 5.59. The van der Waals surface area contributed by atoms with Crippen LogP contribution in [-0.4, -0.2) is 40.4 Å². The molecule has 2 aliphatic rings. The Morgan fingerprint density at radius 1 is 1.31 bits per heavy atom.